The summed E-state index contributed by atoms with van der Waals surface area (Å²) in [5.74, 6) is -0.936. The molecule has 0 bridgehead atoms. The zero-order valence-corrected chi connectivity index (χ0v) is 27.8. The van der Waals surface area contributed by atoms with E-state index in [9.17, 15) is 24.2 Å². The van der Waals surface area contributed by atoms with Gasteiger partial charge < -0.3 is 24.6 Å². The number of unbranched alkanes of at least 4 members (excludes halogenated alkanes) is 15. The van der Waals surface area contributed by atoms with Crippen LogP contribution in [0.3, 0.4) is 0 Å². The summed E-state index contributed by atoms with van der Waals surface area (Å²) in [7, 11) is -4.60. The minimum atomic E-state index is -4.60. The number of rotatable bonds is 31. The molecule has 0 rings (SSSR count). The van der Waals surface area contributed by atoms with Crippen LogP contribution < -0.4 is 0 Å². The Balaban J connectivity index is 4.44. The lowest BCUT2D eigenvalue weighted by Gasteiger charge is -2.20. The van der Waals surface area contributed by atoms with E-state index in [2.05, 4.69) is 30.5 Å². The lowest BCUT2D eigenvalue weighted by molar-refractivity contribution is -0.161. The molecule has 0 saturated carbocycles. The molecule has 0 heterocycles. The maximum Gasteiger partial charge on any atom is 0.472 e. The second-order valence-corrected chi connectivity index (χ2v) is 12.6. The van der Waals surface area contributed by atoms with E-state index in [0.29, 0.717) is 12.8 Å². The summed E-state index contributed by atoms with van der Waals surface area (Å²) < 4.78 is 32.4. The molecule has 0 amide bonds. The van der Waals surface area contributed by atoms with Gasteiger partial charge in [-0.2, -0.15) is 0 Å². The highest BCUT2D eigenvalue weighted by atomic mass is 31.2. The Kier molecular flexibility index (Phi) is 28.5. The van der Waals surface area contributed by atoms with Crippen molar-refractivity contribution in [3.63, 3.8) is 0 Å². The molecular weight excluding hydrogens is 575 g/mol. The van der Waals surface area contributed by atoms with Crippen molar-refractivity contribution in [2.45, 2.75) is 154 Å². The second kappa shape index (κ2) is 29.4. The summed E-state index contributed by atoms with van der Waals surface area (Å²) in [4.78, 5) is 34.5. The smallest absolute Gasteiger partial charge is 0.462 e. The highest BCUT2D eigenvalue weighted by molar-refractivity contribution is 7.47. The molecule has 0 saturated heterocycles. The molecule has 0 fully saturated rings. The molecule has 0 aromatic rings. The molecule has 0 aromatic carbocycles. The molecule has 0 radical (unpaired) electrons. The summed E-state index contributed by atoms with van der Waals surface area (Å²) >= 11 is 0. The topological polar surface area (TPSA) is 149 Å². The van der Waals surface area contributed by atoms with E-state index in [4.69, 9.17) is 19.1 Å². The standard InChI is InChI=1S/C32H61O10P/c1-3-5-7-9-11-13-14-15-16-18-20-22-24-32(36)42-30(28-41-43(37,38)40-26-29(34)25-33)27-39-31(35)23-21-19-17-12-10-8-6-4-2/h7,9,29-30,33-34H,3-6,8,10-28H2,1-2H3,(H,37,38)/b9-7+/t29-,30+/m0/s1. The molecule has 0 spiro atoms. The Bertz CT molecular complexity index is 746. The van der Waals surface area contributed by atoms with Crippen LogP contribution in [-0.2, 0) is 32.7 Å². The van der Waals surface area contributed by atoms with Crippen LogP contribution in [0.4, 0.5) is 0 Å². The van der Waals surface area contributed by atoms with Crippen molar-refractivity contribution in [1.82, 2.24) is 0 Å². The van der Waals surface area contributed by atoms with E-state index in [1.807, 2.05) is 0 Å². The number of carbonyl (C=O) groups is 2. The third-order valence-electron chi connectivity index (χ3n) is 6.90. The van der Waals surface area contributed by atoms with Crippen LogP contribution in [0.5, 0.6) is 0 Å². The van der Waals surface area contributed by atoms with Crippen molar-refractivity contribution in [3.05, 3.63) is 12.2 Å². The summed E-state index contributed by atoms with van der Waals surface area (Å²) in [5.41, 5.74) is 0. The van der Waals surface area contributed by atoms with Crippen LogP contribution in [0.2, 0.25) is 0 Å². The van der Waals surface area contributed by atoms with Gasteiger partial charge in [0.1, 0.15) is 12.7 Å². The fourth-order valence-electron chi connectivity index (χ4n) is 4.29. The Morgan fingerprint density at radius 2 is 1.19 bits per heavy atom. The number of hydrogen-bond acceptors (Lipinski definition) is 9. The molecule has 11 heteroatoms. The average molecular weight is 637 g/mol. The molecule has 1 unspecified atom stereocenters. The molecular formula is C32H61O10P. The zero-order valence-electron chi connectivity index (χ0n) is 26.9. The van der Waals surface area contributed by atoms with Gasteiger partial charge >= 0.3 is 19.8 Å². The van der Waals surface area contributed by atoms with Crippen molar-refractivity contribution >= 4 is 19.8 Å². The lowest BCUT2D eigenvalue weighted by Crippen LogP contribution is -2.29. The van der Waals surface area contributed by atoms with Gasteiger partial charge in [0.2, 0.25) is 0 Å². The molecule has 3 N–H and O–H groups in total. The second-order valence-electron chi connectivity index (χ2n) is 11.2. The van der Waals surface area contributed by atoms with E-state index in [1.165, 1.54) is 51.4 Å². The summed E-state index contributed by atoms with van der Waals surface area (Å²) in [5, 5.41) is 18.2. The van der Waals surface area contributed by atoms with E-state index < -0.39 is 51.8 Å². The van der Waals surface area contributed by atoms with Gasteiger partial charge in [-0.1, -0.05) is 109 Å². The van der Waals surface area contributed by atoms with Crippen molar-refractivity contribution in [2.75, 3.05) is 26.4 Å². The normalized spacial score (nSPS) is 14.4. The Hall–Kier alpha value is -1.29. The number of phosphoric ester groups is 1. The van der Waals surface area contributed by atoms with Crippen molar-refractivity contribution < 1.29 is 47.8 Å². The molecule has 3 atom stereocenters. The number of ether oxygens (including phenoxy) is 2. The average Bonchev–Trinajstić information content (AvgIpc) is 2.99. The fraction of sp³-hybridized carbons (Fsp3) is 0.875. The summed E-state index contributed by atoms with van der Waals surface area (Å²) in [6, 6.07) is 0. The van der Waals surface area contributed by atoms with Gasteiger partial charge in [-0.3, -0.25) is 18.6 Å². The highest BCUT2D eigenvalue weighted by Crippen LogP contribution is 2.43. The third-order valence-corrected chi connectivity index (χ3v) is 7.85. The van der Waals surface area contributed by atoms with Gasteiger partial charge in [-0.25, -0.2) is 4.57 Å². The highest BCUT2D eigenvalue weighted by Gasteiger charge is 2.27. The predicted molar refractivity (Wildman–Crippen MR) is 168 cm³/mol. The molecule has 254 valence electrons. The maximum absolute atomic E-state index is 12.4. The number of phosphoric acid groups is 1. The molecule has 0 aliphatic heterocycles. The first-order valence-corrected chi connectivity index (χ1v) is 18.1. The molecule has 0 aromatic heterocycles. The van der Waals surface area contributed by atoms with E-state index in [0.717, 1.165) is 51.4 Å². The van der Waals surface area contributed by atoms with E-state index in [-0.39, 0.29) is 19.4 Å². The monoisotopic (exact) mass is 636 g/mol. The Morgan fingerprint density at radius 1 is 0.674 bits per heavy atom. The van der Waals surface area contributed by atoms with Gasteiger partial charge in [0, 0.05) is 12.8 Å². The van der Waals surface area contributed by atoms with Crippen LogP contribution >= 0.6 is 7.82 Å². The largest absolute Gasteiger partial charge is 0.472 e. The minimum absolute atomic E-state index is 0.181. The zero-order chi connectivity index (χ0) is 32.0. The van der Waals surface area contributed by atoms with Gasteiger partial charge in [-0.05, 0) is 32.1 Å². The van der Waals surface area contributed by atoms with Crippen LogP contribution in [0, 0.1) is 0 Å². The number of esters is 2. The first-order valence-electron chi connectivity index (χ1n) is 16.6. The summed E-state index contributed by atoms with van der Waals surface area (Å²) in [6.07, 6.45) is 22.0. The molecule has 10 nitrogen and oxygen atoms in total. The van der Waals surface area contributed by atoms with Gasteiger partial charge in [0.25, 0.3) is 0 Å². The minimum Gasteiger partial charge on any atom is -0.462 e. The maximum atomic E-state index is 12.4. The van der Waals surface area contributed by atoms with Crippen molar-refractivity contribution in [2.24, 2.45) is 0 Å². The van der Waals surface area contributed by atoms with Crippen molar-refractivity contribution in [3.8, 4) is 0 Å². The Morgan fingerprint density at radius 3 is 1.77 bits per heavy atom. The molecule has 0 aliphatic carbocycles. The van der Waals surface area contributed by atoms with E-state index >= 15 is 0 Å². The van der Waals surface area contributed by atoms with Crippen LogP contribution in [-0.4, -0.2) is 65.7 Å². The van der Waals surface area contributed by atoms with Crippen LogP contribution in [0.1, 0.15) is 142 Å². The van der Waals surface area contributed by atoms with E-state index in [1.54, 1.807) is 0 Å². The number of aliphatic hydroxyl groups excluding tert-OH is 2. The first-order chi connectivity index (χ1) is 20.7. The lowest BCUT2D eigenvalue weighted by atomic mass is 10.1. The fourth-order valence-corrected chi connectivity index (χ4v) is 5.08. The number of carbonyl (C=O) groups excluding carboxylic acids is 2. The number of allylic oxidation sites excluding steroid dienone is 2. The number of hydrogen-bond donors (Lipinski definition) is 3. The van der Waals surface area contributed by atoms with Gasteiger partial charge in [0.15, 0.2) is 6.10 Å². The SMILES string of the molecule is CCC/C=C/CCCCCCCCCC(=O)O[C@H](COC(=O)CCCCCCCCCC)COP(=O)(O)OC[C@@H](O)CO. The number of aliphatic hydroxyl groups is 2. The molecule has 0 aliphatic rings. The summed E-state index contributed by atoms with van der Waals surface area (Å²) in [6.45, 7) is 2.25. The third kappa shape index (κ3) is 29.2. The van der Waals surface area contributed by atoms with Crippen molar-refractivity contribution in [1.29, 1.82) is 0 Å². The molecule has 43 heavy (non-hydrogen) atoms. The quantitative estimate of drug-likeness (QED) is 0.0306. The van der Waals surface area contributed by atoms with Crippen LogP contribution in [0.25, 0.3) is 0 Å². The van der Waals surface area contributed by atoms with Gasteiger partial charge in [-0.15, -0.1) is 0 Å². The first kappa shape index (κ1) is 41.7. The van der Waals surface area contributed by atoms with Gasteiger partial charge in [0.05, 0.1) is 19.8 Å². The predicted octanol–water partition coefficient (Wildman–Crippen LogP) is 7.33. The van der Waals surface area contributed by atoms with Crippen LogP contribution in [0.15, 0.2) is 12.2 Å². The Labute approximate surface area is 260 Å².